The maximum absolute atomic E-state index is 12.2. The fraction of sp³-hybridized carbons (Fsp3) is 0.333. The standard InChI is InChI=1S/C15H19N3O3S2/c1-4-10(2)18-23(20,21)13-7-5-12(6-8-13)14(19)17-15-16-9-11(3)22-15/h5-10,18H,4H2,1-3H3,(H,16,17,19)/t10-/m1/s1. The molecule has 0 aliphatic carbocycles. The summed E-state index contributed by atoms with van der Waals surface area (Å²) >= 11 is 1.38. The number of rotatable bonds is 6. The maximum atomic E-state index is 12.2. The highest BCUT2D eigenvalue weighted by atomic mass is 32.2. The fourth-order valence-corrected chi connectivity index (χ4v) is 3.77. The van der Waals surface area contributed by atoms with E-state index in [0.29, 0.717) is 17.1 Å². The van der Waals surface area contributed by atoms with Crippen LogP contribution in [0.1, 0.15) is 35.5 Å². The van der Waals surface area contributed by atoms with Crippen LogP contribution in [0.25, 0.3) is 0 Å². The van der Waals surface area contributed by atoms with Crippen molar-refractivity contribution >= 4 is 32.4 Å². The zero-order valence-corrected chi connectivity index (χ0v) is 14.8. The third-order valence-electron chi connectivity index (χ3n) is 3.24. The normalized spacial score (nSPS) is 12.8. The van der Waals surface area contributed by atoms with E-state index in [0.717, 1.165) is 4.88 Å². The molecule has 0 spiro atoms. The predicted octanol–water partition coefficient (Wildman–Crippen LogP) is 2.78. The van der Waals surface area contributed by atoms with Gasteiger partial charge in [0.25, 0.3) is 5.91 Å². The molecular weight excluding hydrogens is 334 g/mol. The van der Waals surface area contributed by atoms with Crippen LogP contribution >= 0.6 is 11.3 Å². The van der Waals surface area contributed by atoms with Crippen LogP contribution in [0.15, 0.2) is 35.4 Å². The number of anilines is 1. The third kappa shape index (κ3) is 4.60. The Morgan fingerprint density at radius 2 is 1.96 bits per heavy atom. The van der Waals surface area contributed by atoms with Crippen molar-refractivity contribution in [2.45, 2.75) is 38.1 Å². The summed E-state index contributed by atoms with van der Waals surface area (Å²) in [6.07, 6.45) is 2.38. The Hall–Kier alpha value is -1.77. The lowest BCUT2D eigenvalue weighted by atomic mass is 10.2. The first-order valence-electron chi connectivity index (χ1n) is 7.18. The van der Waals surface area contributed by atoms with Crippen molar-refractivity contribution in [2.24, 2.45) is 0 Å². The van der Waals surface area contributed by atoms with Crippen LogP contribution in [0.2, 0.25) is 0 Å². The highest BCUT2D eigenvalue weighted by Crippen LogP contribution is 2.18. The predicted molar refractivity (Wildman–Crippen MR) is 91.3 cm³/mol. The van der Waals surface area contributed by atoms with Gasteiger partial charge in [-0.2, -0.15) is 0 Å². The molecule has 0 aliphatic heterocycles. The molecule has 0 fully saturated rings. The number of sulfonamides is 1. The van der Waals surface area contributed by atoms with Gasteiger partial charge in [0, 0.05) is 22.7 Å². The number of nitrogens with one attached hydrogen (secondary N) is 2. The number of hydrogen-bond donors (Lipinski definition) is 2. The van der Waals surface area contributed by atoms with Crippen molar-refractivity contribution in [3.05, 3.63) is 40.9 Å². The summed E-state index contributed by atoms with van der Waals surface area (Å²) in [4.78, 5) is 17.3. The van der Waals surface area contributed by atoms with Crippen LogP contribution in [-0.2, 0) is 10.0 Å². The Labute approximate surface area is 140 Å². The molecule has 1 aromatic heterocycles. The number of carbonyl (C=O) groups is 1. The van der Waals surface area contributed by atoms with E-state index < -0.39 is 10.0 Å². The van der Waals surface area contributed by atoms with Crippen LogP contribution in [0.4, 0.5) is 5.13 Å². The third-order valence-corrected chi connectivity index (χ3v) is 5.67. The van der Waals surface area contributed by atoms with Crippen molar-refractivity contribution in [1.82, 2.24) is 9.71 Å². The number of hydrogen-bond acceptors (Lipinski definition) is 5. The van der Waals surface area contributed by atoms with Crippen LogP contribution in [-0.4, -0.2) is 25.4 Å². The Balaban J connectivity index is 2.11. The maximum Gasteiger partial charge on any atom is 0.257 e. The van der Waals surface area contributed by atoms with Crippen molar-refractivity contribution < 1.29 is 13.2 Å². The fourth-order valence-electron chi connectivity index (χ4n) is 1.78. The van der Waals surface area contributed by atoms with Crippen molar-refractivity contribution in [1.29, 1.82) is 0 Å². The Kier molecular flexibility index (Phi) is 5.51. The number of aromatic nitrogens is 1. The molecule has 0 saturated heterocycles. The second-order valence-corrected chi connectivity index (χ2v) is 8.13. The monoisotopic (exact) mass is 353 g/mol. The molecule has 1 amide bonds. The molecule has 124 valence electrons. The molecule has 0 saturated carbocycles. The van der Waals surface area contributed by atoms with Crippen LogP contribution in [0, 0.1) is 6.92 Å². The van der Waals surface area contributed by atoms with Gasteiger partial charge in [-0.1, -0.05) is 6.92 Å². The van der Waals surface area contributed by atoms with E-state index in [-0.39, 0.29) is 16.8 Å². The topological polar surface area (TPSA) is 88.2 Å². The zero-order chi connectivity index (χ0) is 17.0. The molecule has 2 aromatic rings. The minimum atomic E-state index is -3.56. The molecule has 6 nitrogen and oxygen atoms in total. The summed E-state index contributed by atoms with van der Waals surface area (Å²) < 4.78 is 26.9. The second kappa shape index (κ2) is 7.20. The lowest BCUT2D eigenvalue weighted by Gasteiger charge is -2.12. The van der Waals surface area contributed by atoms with E-state index in [1.54, 1.807) is 13.1 Å². The summed E-state index contributed by atoms with van der Waals surface area (Å²) in [6.45, 7) is 5.60. The van der Waals surface area contributed by atoms with E-state index >= 15 is 0 Å². The largest absolute Gasteiger partial charge is 0.298 e. The quantitative estimate of drug-likeness (QED) is 0.836. The van der Waals surface area contributed by atoms with Gasteiger partial charge in [-0.15, -0.1) is 11.3 Å². The van der Waals surface area contributed by atoms with Gasteiger partial charge in [0.05, 0.1) is 4.90 Å². The van der Waals surface area contributed by atoms with E-state index in [1.165, 1.54) is 35.6 Å². The Bertz CT molecular complexity index is 783. The molecule has 8 heteroatoms. The molecular formula is C15H19N3O3S2. The van der Waals surface area contributed by atoms with E-state index in [9.17, 15) is 13.2 Å². The van der Waals surface area contributed by atoms with Gasteiger partial charge in [0.2, 0.25) is 10.0 Å². The zero-order valence-electron chi connectivity index (χ0n) is 13.2. The average molecular weight is 353 g/mol. The van der Waals surface area contributed by atoms with Gasteiger partial charge in [-0.3, -0.25) is 10.1 Å². The number of carbonyl (C=O) groups excluding carboxylic acids is 1. The molecule has 1 heterocycles. The second-order valence-electron chi connectivity index (χ2n) is 5.19. The summed E-state index contributed by atoms with van der Waals surface area (Å²) in [5.74, 6) is -0.321. The van der Waals surface area contributed by atoms with Crippen LogP contribution in [0.5, 0.6) is 0 Å². The average Bonchev–Trinajstić information content (AvgIpc) is 2.92. The first kappa shape index (κ1) is 17.6. The van der Waals surface area contributed by atoms with Crippen molar-refractivity contribution in [3.63, 3.8) is 0 Å². The minimum absolute atomic E-state index is 0.138. The molecule has 0 radical (unpaired) electrons. The SMILES string of the molecule is CC[C@@H](C)NS(=O)(=O)c1ccc(C(=O)Nc2ncc(C)s2)cc1. The molecule has 0 unspecified atom stereocenters. The number of thiazole rings is 1. The van der Waals surface area contributed by atoms with Crippen molar-refractivity contribution in [3.8, 4) is 0 Å². The van der Waals surface area contributed by atoms with Crippen LogP contribution in [0.3, 0.4) is 0 Å². The molecule has 1 aromatic carbocycles. The lowest BCUT2D eigenvalue weighted by molar-refractivity contribution is 0.102. The van der Waals surface area contributed by atoms with Gasteiger partial charge >= 0.3 is 0 Å². The van der Waals surface area contributed by atoms with E-state index in [1.807, 2.05) is 13.8 Å². The summed E-state index contributed by atoms with van der Waals surface area (Å²) in [5, 5.41) is 3.20. The molecule has 2 N–H and O–H groups in total. The van der Waals surface area contributed by atoms with Crippen molar-refractivity contribution in [2.75, 3.05) is 5.32 Å². The highest BCUT2D eigenvalue weighted by molar-refractivity contribution is 7.89. The number of aryl methyl sites for hydroxylation is 1. The molecule has 23 heavy (non-hydrogen) atoms. The summed E-state index contributed by atoms with van der Waals surface area (Å²) in [6, 6.07) is 5.68. The molecule has 1 atom stereocenters. The highest BCUT2D eigenvalue weighted by Gasteiger charge is 2.17. The van der Waals surface area contributed by atoms with Gasteiger partial charge < -0.3 is 0 Å². The smallest absolute Gasteiger partial charge is 0.257 e. The molecule has 2 rings (SSSR count). The first-order valence-corrected chi connectivity index (χ1v) is 9.48. The van der Waals surface area contributed by atoms with Gasteiger partial charge in [-0.05, 0) is 44.5 Å². The van der Waals surface area contributed by atoms with Crippen LogP contribution < -0.4 is 10.0 Å². The number of benzene rings is 1. The lowest BCUT2D eigenvalue weighted by Crippen LogP contribution is -2.32. The Morgan fingerprint density at radius 1 is 1.30 bits per heavy atom. The van der Waals surface area contributed by atoms with Gasteiger partial charge in [0.15, 0.2) is 5.13 Å². The van der Waals surface area contributed by atoms with Gasteiger partial charge in [0.1, 0.15) is 0 Å². The van der Waals surface area contributed by atoms with E-state index in [2.05, 4.69) is 15.0 Å². The summed E-state index contributed by atoms with van der Waals surface area (Å²) in [5.41, 5.74) is 0.375. The number of nitrogens with zero attached hydrogens (tertiary/aromatic N) is 1. The summed E-state index contributed by atoms with van der Waals surface area (Å²) in [7, 11) is -3.56. The van der Waals surface area contributed by atoms with Gasteiger partial charge in [-0.25, -0.2) is 18.1 Å². The minimum Gasteiger partial charge on any atom is -0.298 e. The molecule has 0 aliphatic rings. The first-order chi connectivity index (χ1) is 10.8. The Morgan fingerprint density at radius 3 is 2.48 bits per heavy atom. The van der Waals surface area contributed by atoms with E-state index in [4.69, 9.17) is 0 Å². The molecule has 0 bridgehead atoms. The number of amides is 1.